The molecule has 2 heterocycles. The molecule has 77 heavy (non-hydrogen) atoms. The van der Waals surface area contributed by atoms with Gasteiger partial charge < -0.3 is 92.1 Å². The van der Waals surface area contributed by atoms with Crippen molar-refractivity contribution in [1.82, 2.24) is 0 Å². The molecule has 2 aliphatic rings. The van der Waals surface area contributed by atoms with Gasteiger partial charge in [-0.2, -0.15) is 0 Å². The fourth-order valence-electron chi connectivity index (χ4n) is 10.7. The van der Waals surface area contributed by atoms with Crippen LogP contribution in [0.2, 0.25) is 0 Å². The number of carbonyl (C=O) groups excluding carboxylic acids is 1. The Hall–Kier alpha value is -2.38. The maximum atomic E-state index is 14.4. The molecule has 0 amide bonds. The number of carbonyl (C=O) groups is 1. The highest BCUT2D eigenvalue weighted by atomic mass is 16.7. The fraction of sp³-hybridized carbons (Fsp3) is 0.895. The average molecular weight is 1110 g/mol. The first-order valence-corrected chi connectivity index (χ1v) is 29.1. The van der Waals surface area contributed by atoms with E-state index in [1.54, 1.807) is 6.92 Å². The molecule has 0 spiro atoms. The van der Waals surface area contributed by atoms with Crippen molar-refractivity contribution in [2.45, 2.75) is 287 Å². The van der Waals surface area contributed by atoms with Crippen LogP contribution < -0.4 is 11.5 Å². The number of aliphatic hydroxyl groups is 13. The molecular weight excluding hydrogens is 999 g/mol. The molecule has 0 aromatic heterocycles. The number of hydrogen-bond acceptors (Lipinski definition) is 18. The van der Waals surface area contributed by atoms with Crippen molar-refractivity contribution < 1.29 is 85.4 Å². The number of nitrogens with zero attached hydrogens (tertiary/aromatic N) is 1. The largest absolute Gasteiger partial charge is 0.461 e. The number of rotatable bonds is 14. The summed E-state index contributed by atoms with van der Waals surface area (Å²) in [4.78, 5) is 18.4. The van der Waals surface area contributed by atoms with Gasteiger partial charge in [0.15, 0.2) is 12.2 Å². The molecule has 20 heteroatoms. The van der Waals surface area contributed by atoms with Gasteiger partial charge >= 0.3 is 5.97 Å². The minimum absolute atomic E-state index is 0.0262. The van der Waals surface area contributed by atoms with Crippen LogP contribution in [0.4, 0.5) is 0 Å². The van der Waals surface area contributed by atoms with Gasteiger partial charge in [-0.05, 0) is 134 Å². The van der Waals surface area contributed by atoms with Gasteiger partial charge in [0.2, 0.25) is 0 Å². The molecule has 17 N–H and O–H groups in total. The Labute approximate surface area is 459 Å². The highest BCUT2D eigenvalue weighted by Crippen LogP contribution is 2.32. The minimum atomic E-state index is -1.59. The summed E-state index contributed by atoms with van der Waals surface area (Å²) in [5.74, 6) is -2.63. The van der Waals surface area contributed by atoms with Crippen molar-refractivity contribution in [3.63, 3.8) is 0 Å². The van der Waals surface area contributed by atoms with Crippen LogP contribution in [0.1, 0.15) is 189 Å². The maximum Gasteiger partial charge on any atom is 0.311 e. The van der Waals surface area contributed by atoms with E-state index >= 15 is 0 Å². The third-order valence-corrected chi connectivity index (χ3v) is 15.7. The molecule has 0 aromatic rings. The van der Waals surface area contributed by atoms with Crippen LogP contribution in [0, 0.1) is 23.7 Å². The fourth-order valence-corrected chi connectivity index (χ4v) is 10.7. The van der Waals surface area contributed by atoms with Gasteiger partial charge in [0.1, 0.15) is 30.5 Å². The quantitative estimate of drug-likeness (QED) is 0.0391. The van der Waals surface area contributed by atoms with E-state index in [9.17, 15) is 71.2 Å². The minimum Gasteiger partial charge on any atom is -0.461 e. The van der Waals surface area contributed by atoms with Crippen LogP contribution in [0.25, 0.3) is 0 Å². The molecule has 0 aromatic carbocycles. The molecule has 0 radical (unpaired) electrons. The molecule has 0 aliphatic carbocycles. The van der Waals surface area contributed by atoms with Gasteiger partial charge in [0, 0.05) is 24.8 Å². The lowest BCUT2D eigenvalue weighted by molar-refractivity contribution is -0.202. The first kappa shape index (κ1) is 70.7. The highest BCUT2D eigenvalue weighted by Gasteiger charge is 2.45. The van der Waals surface area contributed by atoms with Crippen molar-refractivity contribution in [1.29, 1.82) is 0 Å². The second-order valence-corrected chi connectivity index (χ2v) is 22.9. The van der Waals surface area contributed by atoms with Gasteiger partial charge in [-0.1, -0.05) is 77.5 Å². The standard InChI is InChI=1S/C57H107N3O17/c1-7-8-9-10-21-45-51(71)35(3)24-25-40(63)19-13-18-39(62)20-14-22-46(68)36(4)28-49(75-56-53(73)52(72)50(33-61)76-56)48(70)32-44(67)31-43(66)30-42(65)29-41(64)17-12-11-16-34(2)27-37(5)54(77-55(45)74)38(6)47(69)23-15-26-60-57(58)59/h27-28,35,37-54,56,61-73H,7-26,29-33H2,1-6H3,(H4,58,59,60). The van der Waals surface area contributed by atoms with E-state index in [4.69, 9.17) is 25.7 Å². The zero-order chi connectivity index (χ0) is 57.8. The number of ether oxygens (including phenoxy) is 3. The second-order valence-electron chi connectivity index (χ2n) is 22.9. The van der Waals surface area contributed by atoms with E-state index in [1.807, 2.05) is 33.8 Å². The summed E-state index contributed by atoms with van der Waals surface area (Å²) < 4.78 is 17.8. The number of guanidine groups is 1. The van der Waals surface area contributed by atoms with Crippen molar-refractivity contribution in [3.8, 4) is 0 Å². The van der Waals surface area contributed by atoms with Gasteiger partial charge in [-0.15, -0.1) is 0 Å². The van der Waals surface area contributed by atoms with E-state index < -0.39 is 122 Å². The summed E-state index contributed by atoms with van der Waals surface area (Å²) in [7, 11) is 0. The van der Waals surface area contributed by atoms with Crippen LogP contribution in [-0.4, -0.2) is 189 Å². The zero-order valence-corrected chi connectivity index (χ0v) is 47.4. The Bertz CT molecular complexity index is 1670. The summed E-state index contributed by atoms with van der Waals surface area (Å²) in [5, 5.41) is 142. The Kier molecular flexibility index (Phi) is 35.2. The molecule has 2 aliphatic heterocycles. The monoisotopic (exact) mass is 1110 g/mol. The van der Waals surface area contributed by atoms with Crippen LogP contribution in [0.15, 0.2) is 28.3 Å². The molecule has 452 valence electrons. The molecule has 2 rings (SSSR count). The maximum absolute atomic E-state index is 14.4. The van der Waals surface area contributed by atoms with Crippen LogP contribution in [0.5, 0.6) is 0 Å². The lowest BCUT2D eigenvalue weighted by atomic mass is 9.83. The van der Waals surface area contributed by atoms with Crippen molar-refractivity contribution in [2.75, 3.05) is 13.2 Å². The number of nitrogens with two attached hydrogens (primary N) is 2. The summed E-state index contributed by atoms with van der Waals surface area (Å²) in [5.41, 5.74) is 12.4. The predicted octanol–water partition coefficient (Wildman–Crippen LogP) is 3.03. The second kappa shape index (κ2) is 38.3. The lowest BCUT2D eigenvalue weighted by Crippen LogP contribution is -2.42. The Balaban J connectivity index is 2.37. The smallest absolute Gasteiger partial charge is 0.311 e. The molecule has 20 unspecified atom stereocenters. The first-order valence-electron chi connectivity index (χ1n) is 29.1. The van der Waals surface area contributed by atoms with E-state index in [0.717, 1.165) is 24.8 Å². The topological polar surface area (TPSA) is 372 Å². The summed E-state index contributed by atoms with van der Waals surface area (Å²) in [6.07, 6.45) is -5.29. The summed E-state index contributed by atoms with van der Waals surface area (Å²) >= 11 is 0. The van der Waals surface area contributed by atoms with Gasteiger partial charge in [-0.3, -0.25) is 9.79 Å². The summed E-state index contributed by atoms with van der Waals surface area (Å²) in [6, 6.07) is 0. The highest BCUT2D eigenvalue weighted by molar-refractivity contribution is 5.75. The number of hydrogen-bond donors (Lipinski definition) is 15. The van der Waals surface area contributed by atoms with E-state index in [2.05, 4.69) is 11.9 Å². The van der Waals surface area contributed by atoms with E-state index in [1.165, 1.54) is 6.08 Å². The third-order valence-electron chi connectivity index (χ3n) is 15.7. The zero-order valence-electron chi connectivity index (χ0n) is 47.4. The van der Waals surface area contributed by atoms with Crippen LogP contribution >= 0.6 is 0 Å². The summed E-state index contributed by atoms with van der Waals surface area (Å²) in [6.45, 7) is 11.0. The number of aliphatic imine (C=N–C) groups is 1. The van der Waals surface area contributed by atoms with Crippen molar-refractivity contribution >= 4 is 11.9 Å². The van der Waals surface area contributed by atoms with Crippen molar-refractivity contribution in [2.24, 2.45) is 40.1 Å². The number of esters is 1. The third kappa shape index (κ3) is 27.8. The predicted molar refractivity (Wildman–Crippen MR) is 294 cm³/mol. The number of cyclic esters (lactones) is 1. The molecule has 1 fully saturated rings. The van der Waals surface area contributed by atoms with Crippen molar-refractivity contribution in [3.05, 3.63) is 23.3 Å². The molecule has 0 bridgehead atoms. The lowest BCUT2D eigenvalue weighted by Gasteiger charge is -2.34. The molecule has 0 saturated carbocycles. The van der Waals surface area contributed by atoms with Gasteiger partial charge in [-0.25, -0.2) is 0 Å². The van der Waals surface area contributed by atoms with Gasteiger partial charge in [0.25, 0.3) is 0 Å². The van der Waals surface area contributed by atoms with Crippen LogP contribution in [0.3, 0.4) is 0 Å². The molecule has 20 atom stereocenters. The van der Waals surface area contributed by atoms with Gasteiger partial charge in [0.05, 0.1) is 73.6 Å². The Morgan fingerprint density at radius 3 is 1.92 bits per heavy atom. The number of aliphatic hydroxyl groups excluding tert-OH is 13. The Morgan fingerprint density at radius 2 is 1.31 bits per heavy atom. The number of unbranched alkanes of at least 4 members (excludes halogenated alkanes) is 3. The average Bonchev–Trinajstić information content (AvgIpc) is 3.63. The molecule has 1 saturated heterocycles. The van der Waals surface area contributed by atoms with E-state index in [-0.39, 0.29) is 49.9 Å². The van der Waals surface area contributed by atoms with E-state index in [0.29, 0.717) is 108 Å². The number of allylic oxidation sites excluding steroid dienone is 1. The molecular formula is C57H107N3O17. The molecule has 20 nitrogen and oxygen atoms in total. The normalized spacial score (nSPS) is 36.7. The van der Waals surface area contributed by atoms with Crippen LogP contribution in [-0.2, 0) is 19.0 Å². The SMILES string of the molecule is CCCCCCC1C(=O)OC(C(C)C(O)CCCN=C(N)N)C(C)C=C(C)CCCCC(O)CC(O)CC(O)CC(O)CC(O)C(OC2OC(CO)C(O)C2O)C=C(C)C(O)CCCC(O)CCCC(O)CCC(C)C1O. The Morgan fingerprint density at radius 1 is 0.714 bits per heavy atom. The first-order chi connectivity index (χ1) is 36.4.